The highest BCUT2D eigenvalue weighted by molar-refractivity contribution is 8.00. The number of guanidine groups is 2. The highest BCUT2D eigenvalue weighted by atomic mass is 32.2. The summed E-state index contributed by atoms with van der Waals surface area (Å²) in [7, 11) is 0. The van der Waals surface area contributed by atoms with E-state index in [0.29, 0.717) is 24.8 Å². The molecule has 4 rings (SSSR count). The predicted molar refractivity (Wildman–Crippen MR) is 346 cm³/mol. The number of thioether (sulfide) groups is 1. The van der Waals surface area contributed by atoms with Gasteiger partial charge in [-0.25, -0.2) is 4.79 Å². The van der Waals surface area contributed by atoms with E-state index in [1.54, 1.807) is 42.1 Å². The molecule has 538 valence electrons. The minimum absolute atomic E-state index is 0.0120. The molecule has 0 unspecified atom stereocenters. The van der Waals surface area contributed by atoms with Crippen molar-refractivity contribution in [1.29, 1.82) is 0 Å². The number of carbonyl (C=O) groups is 14. The average Bonchev–Trinajstić information content (AvgIpc) is 1.71. The van der Waals surface area contributed by atoms with Gasteiger partial charge in [-0.1, -0.05) is 36.8 Å². The summed E-state index contributed by atoms with van der Waals surface area (Å²) in [6.45, 7) is -1.37. The van der Waals surface area contributed by atoms with Gasteiger partial charge in [0.15, 0.2) is 11.9 Å². The van der Waals surface area contributed by atoms with Gasteiger partial charge in [-0.3, -0.25) is 72.3 Å². The SMILES string of the molecule is C[C@H](NC(=O)[C@H](Cc1ccccc1)NC(=O)[C@H](CO)NC(=O)[C@H](CO)NC(=O)[C@@H](NC(=O)[C@H](CCCN=C(N)N)NC(=O)[C@@H]1CCCN1C(=O)[C@H](CCCN=C(N)N)NC(=O)CNC(=O)CCCC[C@@H]1SC[C@@H]2NC(=O)N[C@@H]21)[C@@H](C)O)C(=O)N[C@@H](CCC(=O)O)C(=O)NCC(=O)O. The van der Waals surface area contributed by atoms with Crippen molar-refractivity contribution in [3.05, 3.63) is 35.9 Å². The maximum Gasteiger partial charge on any atom is 0.322 e. The molecule has 0 aromatic heterocycles. The van der Waals surface area contributed by atoms with Gasteiger partial charge in [-0.15, -0.1) is 0 Å². The maximum atomic E-state index is 14.4. The van der Waals surface area contributed by atoms with E-state index >= 15 is 0 Å². The van der Waals surface area contributed by atoms with Crippen LogP contribution in [0.1, 0.15) is 96.5 Å². The summed E-state index contributed by atoms with van der Waals surface area (Å²) >= 11 is 1.75. The fraction of sp³-hybridized carbons (Fsp3) is 0.621. The quantitative estimate of drug-likeness (QED) is 0.0125. The molecular formula is C58H91N19O19S. The number of unbranched alkanes of at least 4 members (excludes halogenated alkanes) is 1. The van der Waals surface area contributed by atoms with Crippen LogP contribution < -0.4 is 86.7 Å². The van der Waals surface area contributed by atoms with Crippen molar-refractivity contribution >= 4 is 107 Å². The Bertz CT molecular complexity index is 2990. The van der Waals surface area contributed by atoms with E-state index in [2.05, 4.69) is 68.5 Å². The Morgan fingerprint density at radius 2 is 1.19 bits per heavy atom. The number of rotatable bonds is 42. The van der Waals surface area contributed by atoms with Crippen molar-refractivity contribution in [2.24, 2.45) is 32.9 Å². The molecule has 1 aromatic carbocycles. The molecule has 0 radical (unpaired) electrons. The van der Waals surface area contributed by atoms with Crippen molar-refractivity contribution in [2.45, 2.75) is 175 Å². The van der Waals surface area contributed by atoms with Crippen molar-refractivity contribution in [3.63, 3.8) is 0 Å². The molecule has 3 aliphatic heterocycles. The van der Waals surface area contributed by atoms with Crippen molar-refractivity contribution in [1.82, 2.24) is 68.7 Å². The van der Waals surface area contributed by atoms with Crippen molar-refractivity contribution in [3.8, 4) is 0 Å². The monoisotopic (exact) mass is 1390 g/mol. The third-order valence-electron chi connectivity index (χ3n) is 15.6. The standard InChI is InChI=1S/C58H91N19O19S/c1-29(47(87)69-33(18-19-43(83)84)48(88)66-25-44(85)86)67-50(90)35(23-31-11-4-3-5-12-31)71-51(91)36(26-78)72-52(92)37(27-79)73-54(94)45(30(2)80)75-49(89)32(13-8-20-63-56(59)60)70-53(93)39-15-10-22-77(39)55(95)34(14-9-21-64-57(61)62)68-42(82)24-65-41(81)17-7-6-16-40-46-38(28-97-40)74-58(96)76-46/h3-5,11-12,29-30,32-40,45-46,78-80H,6-10,13-28H2,1-2H3,(H,65,81)(H,66,88)(H,67,90)(H,68,82)(H,69,87)(H,70,93)(H,71,91)(H,72,92)(H,73,94)(H,75,89)(H,83,84)(H,85,86)(H4,59,60,63)(H4,61,62,64)(H2,74,76,96)/t29-,30+,32-,33-,34-,35-,36-,37-,38-,39-,40-,45-,46-/m0/s1. The first kappa shape index (κ1) is 79.8. The summed E-state index contributed by atoms with van der Waals surface area (Å²) in [5, 5.41) is 79.2. The van der Waals surface area contributed by atoms with Crippen LogP contribution in [0.2, 0.25) is 0 Å². The molecule has 38 nitrogen and oxygen atoms in total. The van der Waals surface area contributed by atoms with E-state index in [1.807, 2.05) is 5.32 Å². The molecule has 0 spiro atoms. The normalized spacial score (nSPS) is 18.8. The van der Waals surface area contributed by atoms with Gasteiger partial charge in [0.2, 0.25) is 65.0 Å². The smallest absolute Gasteiger partial charge is 0.322 e. The number of nitrogens with zero attached hydrogens (tertiary/aromatic N) is 3. The highest BCUT2D eigenvalue weighted by Crippen LogP contribution is 2.33. The predicted octanol–water partition coefficient (Wildman–Crippen LogP) is -8.50. The van der Waals surface area contributed by atoms with Crippen LogP contribution in [0.25, 0.3) is 0 Å². The molecule has 3 saturated heterocycles. The molecule has 0 bridgehead atoms. The molecule has 97 heavy (non-hydrogen) atoms. The summed E-state index contributed by atoms with van der Waals surface area (Å²) in [6, 6.07) is -6.50. The van der Waals surface area contributed by atoms with Crippen LogP contribution in [-0.2, 0) is 68.7 Å². The summed E-state index contributed by atoms with van der Waals surface area (Å²) in [6.07, 6.45) is -0.600. The van der Waals surface area contributed by atoms with E-state index in [-0.39, 0.29) is 99.9 Å². The van der Waals surface area contributed by atoms with Gasteiger partial charge in [0, 0.05) is 49.9 Å². The molecule has 25 N–H and O–H groups in total. The number of amides is 13. The number of carboxylic acids is 2. The van der Waals surface area contributed by atoms with Gasteiger partial charge in [0.1, 0.15) is 60.9 Å². The van der Waals surface area contributed by atoms with Crippen LogP contribution in [0.3, 0.4) is 0 Å². The van der Waals surface area contributed by atoms with Gasteiger partial charge in [-0.05, 0) is 77.2 Å². The third kappa shape index (κ3) is 27.6. The molecule has 13 atom stereocenters. The Morgan fingerprint density at radius 3 is 1.78 bits per heavy atom. The lowest BCUT2D eigenvalue weighted by Crippen LogP contribution is -2.62. The van der Waals surface area contributed by atoms with E-state index < -0.39 is 177 Å². The number of benzene rings is 1. The lowest BCUT2D eigenvalue weighted by molar-refractivity contribution is -0.142. The number of aliphatic hydroxyl groups excluding tert-OH is 3. The van der Waals surface area contributed by atoms with Crippen LogP contribution >= 0.6 is 11.8 Å². The number of hydrogen-bond acceptors (Lipinski definition) is 20. The van der Waals surface area contributed by atoms with Gasteiger partial charge >= 0.3 is 18.0 Å². The van der Waals surface area contributed by atoms with Crippen molar-refractivity contribution in [2.75, 3.05) is 51.7 Å². The molecule has 13 amide bonds. The van der Waals surface area contributed by atoms with E-state index in [4.69, 9.17) is 33.1 Å². The first-order valence-electron chi connectivity index (χ1n) is 31.5. The van der Waals surface area contributed by atoms with Gasteiger partial charge in [0.25, 0.3) is 0 Å². The summed E-state index contributed by atoms with van der Waals surface area (Å²) < 4.78 is 0. The minimum Gasteiger partial charge on any atom is -0.481 e. The maximum absolute atomic E-state index is 14.4. The van der Waals surface area contributed by atoms with Crippen LogP contribution in [0.4, 0.5) is 4.79 Å². The Morgan fingerprint density at radius 1 is 0.608 bits per heavy atom. The molecule has 3 aliphatic rings. The largest absolute Gasteiger partial charge is 0.481 e. The van der Waals surface area contributed by atoms with Crippen LogP contribution in [0.5, 0.6) is 0 Å². The number of fused-ring (bicyclic) bond motifs is 1. The number of aliphatic carboxylic acids is 2. The number of likely N-dealkylation sites (tertiary alicyclic amines) is 1. The lowest BCUT2D eigenvalue weighted by Gasteiger charge is -2.30. The first-order chi connectivity index (χ1) is 46.0. The second-order valence-corrected chi connectivity index (χ2v) is 24.5. The number of carbonyl (C=O) groups excluding carboxylic acids is 12. The Labute approximate surface area is 561 Å². The second-order valence-electron chi connectivity index (χ2n) is 23.2. The zero-order chi connectivity index (χ0) is 71.9. The number of hydrogen-bond donors (Lipinski definition) is 21. The first-order valence-corrected chi connectivity index (χ1v) is 32.5. The van der Waals surface area contributed by atoms with E-state index in [1.165, 1.54) is 11.8 Å². The van der Waals surface area contributed by atoms with Gasteiger partial charge in [-0.2, -0.15) is 11.8 Å². The zero-order valence-electron chi connectivity index (χ0n) is 53.8. The number of aliphatic hydroxyl groups is 3. The fourth-order valence-electron chi connectivity index (χ4n) is 10.5. The van der Waals surface area contributed by atoms with E-state index in [0.717, 1.165) is 19.1 Å². The molecule has 1 aromatic rings. The Hall–Kier alpha value is -9.63. The van der Waals surface area contributed by atoms with Gasteiger partial charge in [0.05, 0.1) is 37.9 Å². The molecule has 39 heteroatoms. The van der Waals surface area contributed by atoms with Gasteiger partial charge < -0.3 is 117 Å². The summed E-state index contributed by atoms with van der Waals surface area (Å²) in [5.74, 6) is -13.1. The summed E-state index contributed by atoms with van der Waals surface area (Å²) in [4.78, 5) is 193. The number of nitrogens with two attached hydrogens (primary N) is 4. The minimum atomic E-state index is -1.96. The molecule has 0 aliphatic carbocycles. The number of urea groups is 1. The van der Waals surface area contributed by atoms with Crippen molar-refractivity contribution < 1.29 is 92.7 Å². The lowest BCUT2D eigenvalue weighted by atomic mass is 10.0. The molecule has 0 saturated carbocycles. The Balaban J connectivity index is 1.42. The number of aliphatic imine (C=N–C) groups is 2. The number of carboxylic acid groups (broad SMARTS) is 2. The van der Waals surface area contributed by atoms with Crippen LogP contribution in [0.15, 0.2) is 40.3 Å². The molecule has 3 fully saturated rings. The fourth-order valence-corrected chi connectivity index (χ4v) is 12.0. The topological polar surface area (TPSA) is 617 Å². The van der Waals surface area contributed by atoms with E-state index in [9.17, 15) is 82.4 Å². The van der Waals surface area contributed by atoms with Crippen LogP contribution in [-0.4, -0.2) is 255 Å². The molecular weight excluding hydrogens is 1300 g/mol. The highest BCUT2D eigenvalue weighted by Gasteiger charge is 2.43. The molecule has 3 heterocycles. The summed E-state index contributed by atoms with van der Waals surface area (Å²) in [5.41, 5.74) is 22.5. The Kier molecular flexibility index (Phi) is 33.5. The van der Waals surface area contributed by atoms with Crippen LogP contribution in [0, 0.1) is 0 Å². The third-order valence-corrected chi connectivity index (χ3v) is 17.1. The number of nitrogens with one attached hydrogen (secondary N) is 12. The average molecular weight is 1390 g/mol. The second kappa shape index (κ2) is 40.7. The zero-order valence-corrected chi connectivity index (χ0v) is 54.6.